The normalized spacial score (nSPS) is 15.9. The van der Waals surface area contributed by atoms with Crippen LogP contribution in [-0.4, -0.2) is 63.4 Å². The van der Waals surface area contributed by atoms with Crippen molar-refractivity contribution < 1.29 is 14.6 Å². The maximum atomic E-state index is 12.2. The fourth-order valence-electron chi connectivity index (χ4n) is 4.49. The van der Waals surface area contributed by atoms with E-state index in [-0.39, 0.29) is 12.1 Å². The number of thiazole rings is 1. The predicted molar refractivity (Wildman–Crippen MR) is 135 cm³/mol. The summed E-state index contributed by atoms with van der Waals surface area (Å²) >= 11 is 1.24. The first-order valence-electron chi connectivity index (χ1n) is 11.9. The quantitative estimate of drug-likeness (QED) is 0.474. The van der Waals surface area contributed by atoms with Crippen molar-refractivity contribution in [2.75, 3.05) is 41.4 Å². The molecule has 0 aliphatic carbocycles. The molecule has 0 bridgehead atoms. The van der Waals surface area contributed by atoms with Gasteiger partial charge in [0.05, 0.1) is 18.4 Å². The molecule has 5 heterocycles. The number of hydrogen-bond acceptors (Lipinski definition) is 11. The van der Waals surface area contributed by atoms with Crippen LogP contribution in [0.4, 0.5) is 22.7 Å². The van der Waals surface area contributed by atoms with Crippen LogP contribution in [0.5, 0.6) is 0 Å². The fraction of sp³-hybridized carbons (Fsp3) is 0.458. The molecule has 0 aromatic carbocycles. The predicted octanol–water partition coefficient (Wildman–Crippen LogP) is 3.08. The molecular weight excluding hydrogens is 466 g/mol. The molecule has 3 aromatic rings. The summed E-state index contributed by atoms with van der Waals surface area (Å²) in [7, 11) is 0. The van der Waals surface area contributed by atoms with Crippen LogP contribution < -0.4 is 15.1 Å². The first kappa shape index (κ1) is 23.4. The molecule has 2 aliphatic heterocycles. The number of pyridine rings is 1. The highest BCUT2D eigenvalue weighted by Crippen LogP contribution is 2.37. The minimum atomic E-state index is -0.374. The summed E-state index contributed by atoms with van der Waals surface area (Å²) in [6, 6.07) is 4.00. The Hall–Kier alpha value is -3.31. The zero-order valence-electron chi connectivity index (χ0n) is 19.9. The number of aliphatic hydroxyl groups excluding tert-OH is 1. The van der Waals surface area contributed by atoms with Gasteiger partial charge < -0.3 is 19.6 Å². The lowest BCUT2D eigenvalue weighted by molar-refractivity contribution is 0.0531. The number of ether oxygens (including phenoxy) is 1. The van der Waals surface area contributed by atoms with Crippen molar-refractivity contribution >= 4 is 40.0 Å². The van der Waals surface area contributed by atoms with E-state index in [1.165, 1.54) is 11.3 Å². The molecule has 0 radical (unpaired) electrons. The topological polar surface area (TPSA) is 117 Å². The van der Waals surface area contributed by atoms with Gasteiger partial charge in [-0.1, -0.05) is 17.4 Å². The summed E-state index contributed by atoms with van der Waals surface area (Å²) in [6.07, 6.45) is 5.68. The number of aromatic nitrogens is 4. The van der Waals surface area contributed by atoms with E-state index in [0.717, 1.165) is 61.7 Å². The van der Waals surface area contributed by atoms with Gasteiger partial charge in [-0.3, -0.25) is 10.3 Å². The molecule has 0 amide bonds. The molecule has 0 unspecified atom stereocenters. The Labute approximate surface area is 208 Å². The number of carbonyl (C=O) groups is 1. The Morgan fingerprint density at radius 3 is 2.77 bits per heavy atom. The number of rotatable bonds is 7. The largest absolute Gasteiger partial charge is 0.462 e. The first-order valence-corrected chi connectivity index (χ1v) is 12.7. The lowest BCUT2D eigenvalue weighted by atomic mass is 10.1. The number of fused-ring (bicyclic) bond motifs is 1. The third-order valence-corrected chi connectivity index (χ3v) is 7.28. The average molecular weight is 496 g/mol. The summed E-state index contributed by atoms with van der Waals surface area (Å²) in [5.41, 5.74) is 2.85. The van der Waals surface area contributed by atoms with Gasteiger partial charge in [0, 0.05) is 44.1 Å². The van der Waals surface area contributed by atoms with E-state index < -0.39 is 0 Å². The zero-order chi connectivity index (χ0) is 24.4. The lowest BCUT2D eigenvalue weighted by Gasteiger charge is -2.32. The van der Waals surface area contributed by atoms with Crippen molar-refractivity contribution in [3.63, 3.8) is 0 Å². The number of carbonyl (C=O) groups excluding carboxylic acids is 1. The number of piperidine rings is 1. The second kappa shape index (κ2) is 10.1. The summed E-state index contributed by atoms with van der Waals surface area (Å²) in [6.45, 7) is 6.93. The summed E-state index contributed by atoms with van der Waals surface area (Å²) in [5.74, 6) is 1.86. The lowest BCUT2D eigenvalue weighted by Crippen LogP contribution is -2.37. The monoisotopic (exact) mass is 495 g/mol. The van der Waals surface area contributed by atoms with E-state index in [4.69, 9.17) is 14.7 Å². The number of esters is 1. The Kier molecular flexibility index (Phi) is 6.78. The standard InChI is InChI=1S/C24H29N7O3S/c1-3-34-22(33)19-15(2)26-24(35-19)29-23-27-20(30-10-6-17(32)7-11-30)18-8-12-31(21(18)28-23)14-16-5-4-9-25-13-16/h4-5,9,13,17,32H,3,6-8,10-12,14H2,1-2H3,(H,26,27,28,29). The third-order valence-electron chi connectivity index (χ3n) is 6.23. The second-order valence-electron chi connectivity index (χ2n) is 8.70. The number of hydrogen-bond donors (Lipinski definition) is 2. The van der Waals surface area contributed by atoms with Crippen molar-refractivity contribution in [3.05, 3.63) is 46.2 Å². The second-order valence-corrected chi connectivity index (χ2v) is 9.70. The highest BCUT2D eigenvalue weighted by atomic mass is 32.1. The van der Waals surface area contributed by atoms with Gasteiger partial charge in [0.1, 0.15) is 16.5 Å². The number of aryl methyl sites for hydroxylation is 1. The third kappa shape index (κ3) is 5.06. The molecule has 10 nitrogen and oxygen atoms in total. The molecule has 1 fully saturated rings. The van der Waals surface area contributed by atoms with E-state index in [0.29, 0.717) is 34.8 Å². The number of anilines is 4. The van der Waals surface area contributed by atoms with Gasteiger partial charge in [0.15, 0.2) is 5.13 Å². The van der Waals surface area contributed by atoms with Gasteiger partial charge >= 0.3 is 5.97 Å². The van der Waals surface area contributed by atoms with Crippen LogP contribution in [0, 0.1) is 6.92 Å². The van der Waals surface area contributed by atoms with Crippen LogP contribution >= 0.6 is 11.3 Å². The molecule has 0 spiro atoms. The highest BCUT2D eigenvalue weighted by molar-refractivity contribution is 7.17. The summed E-state index contributed by atoms with van der Waals surface area (Å²) < 4.78 is 5.14. The molecule has 3 aromatic heterocycles. The van der Waals surface area contributed by atoms with Crippen molar-refractivity contribution in [1.82, 2.24) is 19.9 Å². The van der Waals surface area contributed by atoms with Crippen molar-refractivity contribution in [1.29, 1.82) is 0 Å². The molecule has 0 saturated carbocycles. The number of nitrogens with zero attached hydrogens (tertiary/aromatic N) is 6. The average Bonchev–Trinajstić information content (AvgIpc) is 3.43. The molecule has 0 atom stereocenters. The highest BCUT2D eigenvalue weighted by Gasteiger charge is 2.30. The van der Waals surface area contributed by atoms with Crippen LogP contribution in [0.25, 0.3) is 0 Å². The van der Waals surface area contributed by atoms with E-state index >= 15 is 0 Å². The van der Waals surface area contributed by atoms with E-state index in [1.54, 1.807) is 20.0 Å². The fourth-order valence-corrected chi connectivity index (χ4v) is 5.34. The van der Waals surface area contributed by atoms with Crippen LogP contribution in [0.1, 0.15) is 46.3 Å². The molecule has 2 N–H and O–H groups in total. The van der Waals surface area contributed by atoms with Gasteiger partial charge in [-0.25, -0.2) is 9.78 Å². The first-order chi connectivity index (χ1) is 17.0. The number of aliphatic hydroxyl groups is 1. The zero-order valence-corrected chi connectivity index (χ0v) is 20.7. The maximum absolute atomic E-state index is 12.2. The van der Waals surface area contributed by atoms with Crippen LogP contribution in [-0.2, 0) is 17.7 Å². The summed E-state index contributed by atoms with van der Waals surface area (Å²) in [4.78, 5) is 35.7. The Morgan fingerprint density at radius 2 is 2.03 bits per heavy atom. The van der Waals surface area contributed by atoms with Crippen LogP contribution in [0.15, 0.2) is 24.5 Å². The van der Waals surface area contributed by atoms with Gasteiger partial charge in [0.2, 0.25) is 5.95 Å². The van der Waals surface area contributed by atoms with Crippen molar-refractivity contribution in [2.45, 2.75) is 45.8 Å². The smallest absolute Gasteiger partial charge is 0.350 e. The molecule has 5 rings (SSSR count). The minimum Gasteiger partial charge on any atom is -0.462 e. The maximum Gasteiger partial charge on any atom is 0.350 e. The van der Waals surface area contributed by atoms with Crippen molar-refractivity contribution in [2.24, 2.45) is 0 Å². The SMILES string of the molecule is CCOC(=O)c1sc(Nc2nc(N3CCC(O)CC3)c3c(n2)N(Cc2cccnc2)CC3)nc1C. The number of nitrogens with one attached hydrogen (secondary N) is 1. The van der Waals surface area contributed by atoms with E-state index in [1.807, 2.05) is 12.3 Å². The molecular formula is C24H29N7O3S. The summed E-state index contributed by atoms with van der Waals surface area (Å²) in [5, 5.41) is 13.8. The van der Waals surface area contributed by atoms with Crippen LogP contribution in [0.2, 0.25) is 0 Å². The molecule has 35 heavy (non-hydrogen) atoms. The Bertz CT molecular complexity index is 1200. The van der Waals surface area contributed by atoms with Gasteiger partial charge in [0.25, 0.3) is 0 Å². The molecule has 11 heteroatoms. The Morgan fingerprint density at radius 1 is 1.23 bits per heavy atom. The Balaban J connectivity index is 1.47. The molecule has 1 saturated heterocycles. The molecule has 184 valence electrons. The minimum absolute atomic E-state index is 0.264. The van der Waals surface area contributed by atoms with Crippen molar-refractivity contribution in [3.8, 4) is 0 Å². The van der Waals surface area contributed by atoms with Gasteiger partial charge in [-0.15, -0.1) is 0 Å². The van der Waals surface area contributed by atoms with Gasteiger partial charge in [-0.05, 0) is 44.7 Å². The van der Waals surface area contributed by atoms with Gasteiger partial charge in [-0.2, -0.15) is 9.97 Å². The van der Waals surface area contributed by atoms with E-state index in [9.17, 15) is 9.90 Å². The molecule has 2 aliphatic rings. The van der Waals surface area contributed by atoms with E-state index in [2.05, 4.69) is 31.2 Å². The van der Waals surface area contributed by atoms with Crippen LogP contribution in [0.3, 0.4) is 0 Å².